The Hall–Kier alpha value is -4.46. The number of nitrogens with zero attached hydrogens (tertiary/aromatic N) is 2. The van der Waals surface area contributed by atoms with Gasteiger partial charge >= 0.3 is 0 Å². The van der Waals surface area contributed by atoms with Gasteiger partial charge in [0.1, 0.15) is 18.1 Å². The fourth-order valence-corrected chi connectivity index (χ4v) is 4.94. The van der Waals surface area contributed by atoms with Crippen LogP contribution < -0.4 is 24.0 Å². The van der Waals surface area contributed by atoms with E-state index in [1.807, 2.05) is 43.1 Å². The Kier molecular flexibility index (Phi) is 5.10. The average Bonchev–Trinajstić information content (AvgIpc) is 3.45. The van der Waals surface area contributed by atoms with Crippen molar-refractivity contribution in [2.75, 3.05) is 36.8 Å². The van der Waals surface area contributed by atoms with Gasteiger partial charge in [0.15, 0.2) is 11.5 Å². The van der Waals surface area contributed by atoms with E-state index in [0.717, 1.165) is 11.3 Å². The van der Waals surface area contributed by atoms with Gasteiger partial charge in [-0.3, -0.25) is 14.5 Å². The maximum absolute atomic E-state index is 13.5. The maximum Gasteiger partial charge on any atom is 0.300 e. The number of carbonyl (C=O) groups excluding carboxylic acids is 2. The van der Waals surface area contributed by atoms with E-state index >= 15 is 0 Å². The number of hydrogen-bond acceptors (Lipinski definition) is 7. The van der Waals surface area contributed by atoms with Crippen molar-refractivity contribution in [3.63, 3.8) is 0 Å². The highest BCUT2D eigenvalue weighted by molar-refractivity contribution is 6.51. The van der Waals surface area contributed by atoms with Gasteiger partial charge in [0.2, 0.25) is 6.79 Å². The minimum Gasteiger partial charge on any atom is -0.507 e. The summed E-state index contributed by atoms with van der Waals surface area (Å²) in [5.41, 5.74) is 3.44. The molecule has 0 spiro atoms. The van der Waals surface area contributed by atoms with Gasteiger partial charge in [-0.05, 0) is 42.8 Å². The number of anilines is 2. The Morgan fingerprint density at radius 2 is 1.75 bits per heavy atom. The highest BCUT2D eigenvalue weighted by Crippen LogP contribution is 2.45. The first-order valence-corrected chi connectivity index (χ1v) is 11.7. The van der Waals surface area contributed by atoms with Crippen molar-refractivity contribution < 1.29 is 28.9 Å². The number of aliphatic hydroxyl groups is 1. The van der Waals surface area contributed by atoms with Gasteiger partial charge in [-0.2, -0.15) is 0 Å². The largest absolute Gasteiger partial charge is 0.507 e. The van der Waals surface area contributed by atoms with Gasteiger partial charge in [0.25, 0.3) is 11.7 Å². The number of fused-ring (bicyclic) bond motifs is 2. The molecule has 0 radical (unpaired) electrons. The minimum atomic E-state index is -0.824. The van der Waals surface area contributed by atoms with Gasteiger partial charge < -0.3 is 24.2 Å². The van der Waals surface area contributed by atoms with E-state index in [1.54, 1.807) is 36.4 Å². The summed E-state index contributed by atoms with van der Waals surface area (Å²) in [4.78, 5) is 30.3. The number of ether oxygens (including phenoxy) is 3. The zero-order valence-electron chi connectivity index (χ0n) is 19.9. The predicted octanol–water partition coefficient (Wildman–Crippen LogP) is 4.18. The predicted molar refractivity (Wildman–Crippen MR) is 134 cm³/mol. The summed E-state index contributed by atoms with van der Waals surface area (Å²) in [6.45, 7) is 3.31. The molecule has 3 aliphatic rings. The Balaban J connectivity index is 1.53. The number of amides is 1. The van der Waals surface area contributed by atoms with Crippen LogP contribution in [0.25, 0.3) is 5.76 Å². The third kappa shape index (κ3) is 3.45. The minimum absolute atomic E-state index is 0.0302. The molecule has 3 heterocycles. The van der Waals surface area contributed by atoms with Gasteiger partial charge in [-0.25, -0.2) is 0 Å². The molecule has 8 heteroatoms. The number of ketones is 1. The number of aryl methyl sites for hydroxylation is 1. The molecule has 1 N–H and O–H groups in total. The molecule has 1 fully saturated rings. The number of carbonyl (C=O) groups is 2. The second-order valence-electron chi connectivity index (χ2n) is 9.07. The molecule has 3 aromatic carbocycles. The molecule has 1 saturated heterocycles. The van der Waals surface area contributed by atoms with Crippen LogP contribution in [0.15, 0.2) is 66.2 Å². The third-order valence-corrected chi connectivity index (χ3v) is 6.76. The molecule has 3 aromatic rings. The molecular weight excluding hydrogens is 460 g/mol. The van der Waals surface area contributed by atoms with Crippen molar-refractivity contribution >= 4 is 28.8 Å². The topological polar surface area (TPSA) is 88.5 Å². The lowest BCUT2D eigenvalue weighted by Gasteiger charge is -2.28. The third-order valence-electron chi connectivity index (χ3n) is 6.76. The van der Waals surface area contributed by atoms with Crippen LogP contribution >= 0.6 is 0 Å². The molecule has 3 aliphatic heterocycles. The first kappa shape index (κ1) is 22.0. The molecule has 6 rings (SSSR count). The summed E-state index contributed by atoms with van der Waals surface area (Å²) in [6.07, 6.45) is 0. The van der Waals surface area contributed by atoms with Crippen molar-refractivity contribution in [1.29, 1.82) is 0 Å². The van der Waals surface area contributed by atoms with Crippen molar-refractivity contribution in [2.24, 2.45) is 0 Å². The van der Waals surface area contributed by atoms with Crippen molar-refractivity contribution in [1.82, 2.24) is 0 Å². The second kappa shape index (κ2) is 8.34. The van der Waals surface area contributed by atoms with E-state index < -0.39 is 17.7 Å². The molecule has 0 bridgehead atoms. The molecule has 0 aliphatic carbocycles. The Morgan fingerprint density at radius 3 is 2.58 bits per heavy atom. The van der Waals surface area contributed by atoms with Crippen molar-refractivity contribution in [3.05, 3.63) is 82.9 Å². The van der Waals surface area contributed by atoms with Crippen LogP contribution in [-0.2, 0) is 9.59 Å². The van der Waals surface area contributed by atoms with E-state index in [2.05, 4.69) is 0 Å². The molecule has 1 amide bonds. The summed E-state index contributed by atoms with van der Waals surface area (Å²) in [5.74, 6) is 0.0681. The second-order valence-corrected chi connectivity index (χ2v) is 9.07. The molecule has 1 unspecified atom stereocenters. The first-order valence-electron chi connectivity index (χ1n) is 11.7. The fourth-order valence-electron chi connectivity index (χ4n) is 4.94. The fraction of sp³-hybridized carbons (Fsp3) is 0.214. The van der Waals surface area contributed by atoms with Crippen LogP contribution in [0.5, 0.6) is 17.2 Å². The normalized spacial score (nSPS) is 19.9. The van der Waals surface area contributed by atoms with Crippen molar-refractivity contribution in [2.45, 2.75) is 13.0 Å². The summed E-state index contributed by atoms with van der Waals surface area (Å²) in [5, 5.41) is 11.5. The van der Waals surface area contributed by atoms with Crippen LogP contribution in [0.4, 0.5) is 11.4 Å². The summed E-state index contributed by atoms with van der Waals surface area (Å²) < 4.78 is 16.6. The van der Waals surface area contributed by atoms with E-state index in [1.165, 1.54) is 4.90 Å². The number of likely N-dealkylation sites (N-methyl/N-ethyl adjacent to an activating group) is 1. The molecule has 0 saturated carbocycles. The van der Waals surface area contributed by atoms with Crippen molar-refractivity contribution in [3.8, 4) is 17.2 Å². The molecule has 36 heavy (non-hydrogen) atoms. The summed E-state index contributed by atoms with van der Waals surface area (Å²) in [7, 11) is 1.94. The number of aliphatic hydroxyl groups excluding tert-OH is 1. The van der Waals surface area contributed by atoms with Gasteiger partial charge in [0, 0.05) is 24.4 Å². The van der Waals surface area contributed by atoms with Gasteiger partial charge in [-0.15, -0.1) is 0 Å². The number of rotatable bonds is 3. The average molecular weight is 485 g/mol. The van der Waals surface area contributed by atoms with Crippen LogP contribution in [-0.4, -0.2) is 43.8 Å². The highest BCUT2D eigenvalue weighted by Gasteiger charge is 2.47. The Bertz CT molecular complexity index is 1450. The molecule has 1 atom stereocenters. The zero-order chi connectivity index (χ0) is 25.0. The Labute approximate surface area is 207 Å². The smallest absolute Gasteiger partial charge is 0.300 e. The van der Waals surface area contributed by atoms with Crippen LogP contribution in [0.1, 0.15) is 22.7 Å². The van der Waals surface area contributed by atoms with E-state index in [0.29, 0.717) is 47.2 Å². The van der Waals surface area contributed by atoms with Gasteiger partial charge in [-0.1, -0.05) is 29.8 Å². The lowest BCUT2D eigenvalue weighted by molar-refractivity contribution is -0.132. The van der Waals surface area contributed by atoms with Crippen LogP contribution in [0, 0.1) is 6.92 Å². The van der Waals surface area contributed by atoms with E-state index in [4.69, 9.17) is 14.2 Å². The SMILES string of the molecule is Cc1cccc(C2/C(=C(/O)c3ccc4c(c3)N(C)CCO4)C(=O)C(=O)N2c2ccc3c(c2)OCO3)c1. The quantitative estimate of drug-likeness (QED) is 0.339. The maximum atomic E-state index is 13.5. The van der Waals surface area contributed by atoms with Crippen LogP contribution in [0.3, 0.4) is 0 Å². The number of hydrogen-bond donors (Lipinski definition) is 1. The molecule has 0 aromatic heterocycles. The first-order chi connectivity index (χ1) is 17.4. The lowest BCUT2D eigenvalue weighted by Crippen LogP contribution is -2.29. The molecular formula is C28H24N2O6. The van der Waals surface area contributed by atoms with Crippen LogP contribution in [0.2, 0.25) is 0 Å². The lowest BCUT2D eigenvalue weighted by atomic mass is 9.94. The Morgan fingerprint density at radius 1 is 0.944 bits per heavy atom. The van der Waals surface area contributed by atoms with Gasteiger partial charge in [0.05, 0.1) is 23.8 Å². The molecule has 8 nitrogen and oxygen atoms in total. The number of Topliss-reactive ketones (excluding diaryl/α,β-unsaturated/α-hetero) is 1. The zero-order valence-corrected chi connectivity index (χ0v) is 19.9. The number of benzene rings is 3. The highest BCUT2D eigenvalue weighted by atomic mass is 16.7. The van der Waals surface area contributed by atoms with E-state index in [-0.39, 0.29) is 18.1 Å². The summed E-state index contributed by atoms with van der Waals surface area (Å²) in [6, 6.07) is 17.1. The summed E-state index contributed by atoms with van der Waals surface area (Å²) >= 11 is 0. The molecule has 182 valence electrons. The van der Waals surface area contributed by atoms with E-state index in [9.17, 15) is 14.7 Å². The monoisotopic (exact) mass is 484 g/mol. The standard InChI is InChI=1S/C28H24N2O6/c1-16-4-3-5-17(12-16)25-24(26(31)18-6-8-21-20(13-18)29(2)10-11-34-21)27(32)28(33)30(25)19-7-9-22-23(14-19)36-15-35-22/h3-9,12-14,25,31H,10-11,15H2,1-2H3/b26-24-.